The van der Waals surface area contributed by atoms with Crippen molar-refractivity contribution >= 4 is 29.1 Å². The van der Waals surface area contributed by atoms with E-state index < -0.39 is 0 Å². The third kappa shape index (κ3) is 5.20. The van der Waals surface area contributed by atoms with Crippen LogP contribution in [0.4, 0.5) is 5.69 Å². The first kappa shape index (κ1) is 21.4. The van der Waals surface area contributed by atoms with Crippen LogP contribution in [-0.4, -0.2) is 37.2 Å². The van der Waals surface area contributed by atoms with E-state index in [-0.39, 0.29) is 25.0 Å². The topological polar surface area (TPSA) is 81.6 Å². The van der Waals surface area contributed by atoms with E-state index in [4.69, 9.17) is 21.1 Å². The Balaban J connectivity index is 1.72. The molecule has 0 atom stereocenters. The molecule has 3 aromatic rings. The van der Waals surface area contributed by atoms with Gasteiger partial charge in [-0.1, -0.05) is 23.7 Å². The Morgan fingerprint density at radius 3 is 2.53 bits per heavy atom. The van der Waals surface area contributed by atoms with Crippen LogP contribution in [0.5, 0.6) is 5.75 Å². The molecule has 0 saturated carbocycles. The summed E-state index contributed by atoms with van der Waals surface area (Å²) in [7, 11) is 2.96. The van der Waals surface area contributed by atoms with E-state index in [1.54, 1.807) is 30.3 Å². The molecule has 1 aromatic heterocycles. The van der Waals surface area contributed by atoms with E-state index in [0.29, 0.717) is 22.0 Å². The van der Waals surface area contributed by atoms with Crippen LogP contribution in [0.1, 0.15) is 15.9 Å². The van der Waals surface area contributed by atoms with Crippen molar-refractivity contribution in [1.29, 1.82) is 0 Å². The van der Waals surface area contributed by atoms with Gasteiger partial charge in [0.15, 0.2) is 0 Å². The zero-order valence-electron chi connectivity index (χ0n) is 16.6. The summed E-state index contributed by atoms with van der Waals surface area (Å²) in [6.07, 6.45) is 3.72. The fraction of sp³-hybridized carbons (Fsp3) is 0.182. The highest BCUT2D eigenvalue weighted by Crippen LogP contribution is 2.30. The van der Waals surface area contributed by atoms with E-state index in [9.17, 15) is 9.59 Å². The monoisotopic (exact) mass is 427 g/mol. The molecule has 1 heterocycles. The van der Waals surface area contributed by atoms with E-state index in [2.05, 4.69) is 10.6 Å². The van der Waals surface area contributed by atoms with Crippen molar-refractivity contribution in [2.24, 2.45) is 0 Å². The number of rotatable bonds is 8. The van der Waals surface area contributed by atoms with Crippen molar-refractivity contribution in [1.82, 2.24) is 9.88 Å². The Kier molecular flexibility index (Phi) is 7.11. The molecule has 0 bridgehead atoms. The molecule has 30 heavy (non-hydrogen) atoms. The van der Waals surface area contributed by atoms with E-state index in [1.807, 2.05) is 35.2 Å². The van der Waals surface area contributed by atoms with Crippen molar-refractivity contribution in [3.8, 4) is 11.4 Å². The number of ether oxygens (including phenoxy) is 2. The molecule has 0 unspecified atom stereocenters. The number of hydrogen-bond donors (Lipinski definition) is 2. The summed E-state index contributed by atoms with van der Waals surface area (Å²) in [6, 6.07) is 14.3. The molecule has 0 saturated heterocycles. The number of halogens is 1. The lowest BCUT2D eigenvalue weighted by molar-refractivity contribution is -0.119. The molecule has 156 valence electrons. The predicted molar refractivity (Wildman–Crippen MR) is 115 cm³/mol. The molecule has 2 N–H and O–H groups in total. The Bertz CT molecular complexity index is 1030. The maximum Gasteiger partial charge on any atom is 0.255 e. The van der Waals surface area contributed by atoms with Crippen molar-refractivity contribution < 1.29 is 19.1 Å². The average molecular weight is 428 g/mol. The van der Waals surface area contributed by atoms with E-state index >= 15 is 0 Å². The molecule has 3 rings (SSSR count). The minimum atomic E-state index is -0.318. The van der Waals surface area contributed by atoms with Crippen molar-refractivity contribution in [3.63, 3.8) is 0 Å². The number of methoxy groups -OCH3 is 2. The molecule has 0 radical (unpaired) electrons. The summed E-state index contributed by atoms with van der Waals surface area (Å²) in [4.78, 5) is 24.4. The SMILES string of the molecule is COCC(=O)Nc1cccc(CNC(=O)c2cc(Cl)c(-n3cccc3)cc2OC)c1. The van der Waals surface area contributed by atoms with Gasteiger partial charge >= 0.3 is 0 Å². The van der Waals surface area contributed by atoms with Gasteiger partial charge in [-0.25, -0.2) is 0 Å². The van der Waals surface area contributed by atoms with Gasteiger partial charge in [-0.05, 0) is 35.9 Å². The smallest absolute Gasteiger partial charge is 0.255 e. The Labute approximate surface area is 179 Å². The summed E-state index contributed by atoms with van der Waals surface area (Å²) in [5, 5.41) is 6.02. The van der Waals surface area contributed by atoms with Gasteiger partial charge in [0.25, 0.3) is 5.91 Å². The summed E-state index contributed by atoms with van der Waals surface area (Å²) in [5.74, 6) is -0.149. The fourth-order valence-corrected chi connectivity index (χ4v) is 3.21. The number of aromatic nitrogens is 1. The van der Waals surface area contributed by atoms with Gasteiger partial charge < -0.3 is 24.7 Å². The van der Waals surface area contributed by atoms with Crippen LogP contribution in [0.25, 0.3) is 5.69 Å². The fourth-order valence-electron chi connectivity index (χ4n) is 2.95. The zero-order chi connectivity index (χ0) is 21.5. The minimum absolute atomic E-state index is 0.0273. The molecule has 2 aromatic carbocycles. The lowest BCUT2D eigenvalue weighted by Crippen LogP contribution is -2.23. The molecule has 7 nitrogen and oxygen atoms in total. The van der Waals surface area contributed by atoms with Crippen LogP contribution in [0.15, 0.2) is 60.9 Å². The number of nitrogens with one attached hydrogen (secondary N) is 2. The summed E-state index contributed by atoms with van der Waals surface area (Å²) in [5.41, 5.74) is 2.51. The van der Waals surface area contributed by atoms with E-state index in [1.165, 1.54) is 14.2 Å². The second-order valence-corrected chi connectivity index (χ2v) is 6.87. The van der Waals surface area contributed by atoms with Gasteiger partial charge in [0, 0.05) is 37.8 Å². The molecule has 2 amide bonds. The maximum atomic E-state index is 12.8. The number of benzene rings is 2. The van der Waals surface area contributed by atoms with Crippen molar-refractivity contribution in [3.05, 3.63) is 77.1 Å². The highest BCUT2D eigenvalue weighted by molar-refractivity contribution is 6.33. The first-order chi connectivity index (χ1) is 14.5. The van der Waals surface area contributed by atoms with Gasteiger partial charge in [-0.2, -0.15) is 0 Å². The highest BCUT2D eigenvalue weighted by atomic mass is 35.5. The summed E-state index contributed by atoms with van der Waals surface area (Å²) < 4.78 is 12.1. The molecular weight excluding hydrogens is 406 g/mol. The van der Waals surface area contributed by atoms with Crippen molar-refractivity contribution in [2.75, 3.05) is 26.1 Å². The minimum Gasteiger partial charge on any atom is -0.496 e. The number of hydrogen-bond acceptors (Lipinski definition) is 4. The second kappa shape index (κ2) is 9.96. The van der Waals surface area contributed by atoms with E-state index in [0.717, 1.165) is 11.3 Å². The normalized spacial score (nSPS) is 10.5. The van der Waals surface area contributed by atoms with Gasteiger partial charge in [0.1, 0.15) is 12.4 Å². The molecule has 8 heteroatoms. The first-order valence-electron chi connectivity index (χ1n) is 9.18. The first-order valence-corrected chi connectivity index (χ1v) is 9.56. The van der Waals surface area contributed by atoms with Crippen molar-refractivity contribution in [2.45, 2.75) is 6.54 Å². The quantitative estimate of drug-likeness (QED) is 0.575. The van der Waals surface area contributed by atoms with Gasteiger partial charge in [0.2, 0.25) is 5.91 Å². The second-order valence-electron chi connectivity index (χ2n) is 6.46. The maximum absolute atomic E-state index is 12.8. The van der Waals surface area contributed by atoms with Crippen LogP contribution >= 0.6 is 11.6 Å². The lowest BCUT2D eigenvalue weighted by atomic mass is 10.1. The average Bonchev–Trinajstić information content (AvgIpc) is 3.27. The molecule has 0 aliphatic carbocycles. The summed E-state index contributed by atoms with van der Waals surface area (Å²) >= 11 is 6.40. The molecule has 0 fully saturated rings. The third-order valence-corrected chi connectivity index (χ3v) is 4.64. The molecule has 0 spiro atoms. The van der Waals surface area contributed by atoms with Crippen LogP contribution < -0.4 is 15.4 Å². The predicted octanol–water partition coefficient (Wildman–Crippen LogP) is 3.65. The Morgan fingerprint density at radius 1 is 1.07 bits per heavy atom. The number of carbonyl (C=O) groups is 2. The standard InChI is InChI=1S/C22H22ClN3O4/c1-29-14-21(27)25-16-7-5-6-15(10-16)13-24-22(28)17-11-18(23)19(12-20(17)30-2)26-8-3-4-9-26/h3-12H,13-14H2,1-2H3,(H,24,28)(H,25,27). The number of nitrogens with zero attached hydrogens (tertiary/aromatic N) is 1. The lowest BCUT2D eigenvalue weighted by Gasteiger charge is -2.14. The van der Waals surface area contributed by atoms with Gasteiger partial charge in [0.05, 0.1) is 23.4 Å². The molecule has 0 aliphatic heterocycles. The van der Waals surface area contributed by atoms with Crippen LogP contribution in [0.3, 0.4) is 0 Å². The van der Waals surface area contributed by atoms with Crippen LogP contribution in [-0.2, 0) is 16.1 Å². The van der Waals surface area contributed by atoms with Gasteiger partial charge in [-0.3, -0.25) is 9.59 Å². The molecular formula is C22H22ClN3O4. The Hall–Kier alpha value is -3.29. The number of amides is 2. The zero-order valence-corrected chi connectivity index (χ0v) is 17.4. The Morgan fingerprint density at radius 2 is 1.83 bits per heavy atom. The van der Waals surface area contributed by atoms with Crippen LogP contribution in [0.2, 0.25) is 5.02 Å². The molecule has 0 aliphatic rings. The summed E-state index contributed by atoms with van der Waals surface area (Å²) in [6.45, 7) is 0.244. The number of anilines is 1. The van der Waals surface area contributed by atoms with Gasteiger partial charge in [-0.15, -0.1) is 0 Å². The largest absolute Gasteiger partial charge is 0.496 e. The highest BCUT2D eigenvalue weighted by Gasteiger charge is 2.16. The number of carbonyl (C=O) groups excluding carboxylic acids is 2. The van der Waals surface area contributed by atoms with Crippen LogP contribution in [0, 0.1) is 0 Å². The third-order valence-electron chi connectivity index (χ3n) is 4.34.